The molecule has 1 N–H and O–H groups in total. The van der Waals surface area contributed by atoms with Gasteiger partial charge in [-0.2, -0.15) is 5.26 Å². The molecule has 0 fully saturated rings. The molecule has 3 nitrogen and oxygen atoms in total. The van der Waals surface area contributed by atoms with Gasteiger partial charge in [-0.1, -0.05) is 78.6 Å². The van der Waals surface area contributed by atoms with Crippen LogP contribution in [0.3, 0.4) is 0 Å². The maximum Gasteiger partial charge on any atom is 0.0638 e. The summed E-state index contributed by atoms with van der Waals surface area (Å²) in [5.74, 6) is 0. The fourth-order valence-electron chi connectivity index (χ4n) is 3.16. The number of hydrogen-bond donors (Lipinski definition) is 1. The van der Waals surface area contributed by atoms with Crippen molar-refractivity contribution in [1.82, 2.24) is 5.32 Å². The number of nitrogens with zero attached hydrogens (tertiary/aromatic N) is 1. The molecule has 0 aliphatic carbocycles. The Bertz CT molecular complexity index is 301. The highest BCUT2D eigenvalue weighted by Crippen LogP contribution is 2.11. The van der Waals surface area contributed by atoms with E-state index in [4.69, 9.17) is 10.00 Å². The van der Waals surface area contributed by atoms with E-state index in [1.165, 1.54) is 64.2 Å². The van der Waals surface area contributed by atoms with E-state index in [2.05, 4.69) is 32.2 Å². The Morgan fingerprint density at radius 1 is 0.840 bits per heavy atom. The molecule has 148 valence electrons. The maximum atomic E-state index is 8.78. The van der Waals surface area contributed by atoms with Gasteiger partial charge in [0.1, 0.15) is 0 Å². The van der Waals surface area contributed by atoms with Gasteiger partial charge in [0.15, 0.2) is 0 Å². The van der Waals surface area contributed by atoms with Gasteiger partial charge in [0.2, 0.25) is 0 Å². The summed E-state index contributed by atoms with van der Waals surface area (Å²) in [6.45, 7) is 8.48. The molecular weight excluding hydrogens is 308 g/mol. The van der Waals surface area contributed by atoms with Crippen molar-refractivity contribution in [1.29, 1.82) is 5.26 Å². The van der Waals surface area contributed by atoms with Crippen LogP contribution >= 0.6 is 0 Å². The zero-order valence-electron chi connectivity index (χ0n) is 17.3. The summed E-state index contributed by atoms with van der Waals surface area (Å²) >= 11 is 0. The number of unbranched alkanes of at least 4 members (excludes halogenated alkanes) is 9. The Kier molecular flexibility index (Phi) is 19.3. The van der Waals surface area contributed by atoms with Crippen LogP contribution in [0.25, 0.3) is 0 Å². The van der Waals surface area contributed by atoms with Crippen molar-refractivity contribution in [2.45, 2.75) is 123 Å². The minimum Gasteiger partial charge on any atom is -0.378 e. The van der Waals surface area contributed by atoms with Crippen LogP contribution in [0, 0.1) is 11.3 Å². The predicted octanol–water partition coefficient (Wildman–Crippen LogP) is 6.37. The number of hydrogen-bond acceptors (Lipinski definition) is 3. The van der Waals surface area contributed by atoms with Crippen molar-refractivity contribution in [3.8, 4) is 6.07 Å². The van der Waals surface area contributed by atoms with E-state index in [1.807, 2.05) is 0 Å². The smallest absolute Gasteiger partial charge is 0.0638 e. The van der Waals surface area contributed by atoms with Gasteiger partial charge in [0, 0.05) is 12.6 Å². The molecule has 25 heavy (non-hydrogen) atoms. The Morgan fingerprint density at radius 3 is 1.96 bits per heavy atom. The molecule has 0 aromatic heterocycles. The second-order valence-electron chi connectivity index (χ2n) is 7.29. The van der Waals surface area contributed by atoms with Crippen LogP contribution in [0.4, 0.5) is 0 Å². The van der Waals surface area contributed by atoms with Crippen molar-refractivity contribution < 1.29 is 4.74 Å². The Morgan fingerprint density at radius 2 is 1.44 bits per heavy atom. The maximum absolute atomic E-state index is 8.78. The van der Waals surface area contributed by atoms with E-state index in [0.717, 1.165) is 32.4 Å². The molecule has 0 amide bonds. The lowest BCUT2D eigenvalue weighted by molar-refractivity contribution is 0.0421. The number of nitriles is 1. The zero-order chi connectivity index (χ0) is 18.6. The first-order chi connectivity index (χ1) is 12.3. The lowest BCUT2D eigenvalue weighted by Crippen LogP contribution is -2.31. The molecule has 0 rings (SSSR count). The lowest BCUT2D eigenvalue weighted by Gasteiger charge is -2.19. The quantitative estimate of drug-likeness (QED) is 0.274. The van der Waals surface area contributed by atoms with Crippen LogP contribution in [0.1, 0.15) is 111 Å². The average molecular weight is 353 g/mol. The predicted molar refractivity (Wildman–Crippen MR) is 109 cm³/mol. The first-order valence-corrected chi connectivity index (χ1v) is 11.0. The summed E-state index contributed by atoms with van der Waals surface area (Å²) in [6.07, 6.45) is 17.8. The van der Waals surface area contributed by atoms with Crippen LogP contribution in [-0.4, -0.2) is 25.3 Å². The Hall–Kier alpha value is -0.590. The largest absolute Gasteiger partial charge is 0.378 e. The van der Waals surface area contributed by atoms with Gasteiger partial charge in [-0.25, -0.2) is 0 Å². The monoisotopic (exact) mass is 352 g/mol. The summed E-state index contributed by atoms with van der Waals surface area (Å²) < 4.78 is 6.03. The zero-order valence-corrected chi connectivity index (χ0v) is 17.3. The molecule has 0 aliphatic rings. The van der Waals surface area contributed by atoms with Crippen LogP contribution in [-0.2, 0) is 4.74 Å². The van der Waals surface area contributed by atoms with Crippen LogP contribution in [0.2, 0.25) is 0 Å². The standard InChI is InChI=1S/C22H44N2O/c1-4-7-8-9-10-11-12-13-14-15-20-25-22(6-3)17-19-24-21(5-2)16-18-23/h21-22,24H,4-17,19-20H2,1-3H3. The molecule has 0 spiro atoms. The van der Waals surface area contributed by atoms with E-state index in [9.17, 15) is 0 Å². The van der Waals surface area contributed by atoms with Crippen molar-refractivity contribution in [3.05, 3.63) is 0 Å². The summed E-state index contributed by atoms with van der Waals surface area (Å²) in [4.78, 5) is 0. The molecule has 0 aromatic carbocycles. The minimum absolute atomic E-state index is 0.337. The van der Waals surface area contributed by atoms with E-state index in [-0.39, 0.29) is 0 Å². The molecule has 0 saturated carbocycles. The van der Waals surface area contributed by atoms with Gasteiger partial charge < -0.3 is 10.1 Å². The third kappa shape index (κ3) is 16.6. The fraction of sp³-hybridized carbons (Fsp3) is 0.955. The highest BCUT2D eigenvalue weighted by molar-refractivity contribution is 4.79. The molecular formula is C22H44N2O. The third-order valence-electron chi connectivity index (χ3n) is 5.04. The molecule has 0 aliphatic heterocycles. The number of rotatable bonds is 19. The molecule has 0 radical (unpaired) electrons. The van der Waals surface area contributed by atoms with Gasteiger partial charge in [-0.15, -0.1) is 0 Å². The number of ether oxygens (including phenoxy) is 1. The first-order valence-electron chi connectivity index (χ1n) is 11.0. The van der Waals surface area contributed by atoms with Gasteiger partial charge in [0.05, 0.1) is 18.6 Å². The van der Waals surface area contributed by atoms with E-state index < -0.39 is 0 Å². The second kappa shape index (κ2) is 19.7. The SMILES string of the molecule is CCCCCCCCCCCCOC(CC)CCNC(CC)CC#N. The highest BCUT2D eigenvalue weighted by atomic mass is 16.5. The van der Waals surface area contributed by atoms with E-state index in [0.29, 0.717) is 18.6 Å². The highest BCUT2D eigenvalue weighted by Gasteiger charge is 2.09. The molecule has 2 atom stereocenters. The van der Waals surface area contributed by atoms with Crippen LogP contribution in [0.5, 0.6) is 0 Å². The lowest BCUT2D eigenvalue weighted by atomic mass is 10.1. The van der Waals surface area contributed by atoms with Gasteiger partial charge in [-0.05, 0) is 32.2 Å². The normalized spacial score (nSPS) is 13.5. The summed E-state index contributed by atoms with van der Waals surface area (Å²) in [7, 11) is 0. The second-order valence-corrected chi connectivity index (χ2v) is 7.29. The summed E-state index contributed by atoms with van der Waals surface area (Å²) in [6, 6.07) is 2.59. The van der Waals surface area contributed by atoms with Gasteiger partial charge >= 0.3 is 0 Å². The van der Waals surface area contributed by atoms with E-state index in [1.54, 1.807) is 0 Å². The first kappa shape index (κ1) is 24.4. The van der Waals surface area contributed by atoms with E-state index >= 15 is 0 Å². The van der Waals surface area contributed by atoms with Crippen molar-refractivity contribution >= 4 is 0 Å². The van der Waals surface area contributed by atoms with Crippen molar-refractivity contribution in [2.75, 3.05) is 13.2 Å². The molecule has 3 heteroatoms. The Labute approximate surface area is 157 Å². The van der Waals surface area contributed by atoms with Gasteiger partial charge in [-0.3, -0.25) is 0 Å². The number of nitrogens with one attached hydrogen (secondary N) is 1. The molecule has 2 unspecified atom stereocenters. The fourth-order valence-corrected chi connectivity index (χ4v) is 3.16. The topological polar surface area (TPSA) is 45.0 Å². The Balaban J connectivity index is 3.44. The van der Waals surface area contributed by atoms with Crippen LogP contribution in [0.15, 0.2) is 0 Å². The summed E-state index contributed by atoms with van der Waals surface area (Å²) in [5.41, 5.74) is 0. The van der Waals surface area contributed by atoms with Crippen molar-refractivity contribution in [2.24, 2.45) is 0 Å². The summed E-state index contributed by atoms with van der Waals surface area (Å²) in [5, 5.41) is 12.3. The third-order valence-corrected chi connectivity index (χ3v) is 5.04. The van der Waals surface area contributed by atoms with Gasteiger partial charge in [0.25, 0.3) is 0 Å². The average Bonchev–Trinajstić information content (AvgIpc) is 2.63. The molecule has 0 aromatic rings. The minimum atomic E-state index is 0.337. The molecule has 0 saturated heterocycles. The van der Waals surface area contributed by atoms with Crippen LogP contribution < -0.4 is 5.32 Å². The molecule has 0 bridgehead atoms. The van der Waals surface area contributed by atoms with Crippen molar-refractivity contribution in [3.63, 3.8) is 0 Å². The molecule has 0 heterocycles.